The first-order valence-electron chi connectivity index (χ1n) is 5.26. The zero-order valence-corrected chi connectivity index (χ0v) is 14.3. The second-order valence-electron chi connectivity index (χ2n) is 4.49. The van der Waals surface area contributed by atoms with Crippen molar-refractivity contribution in [3.8, 4) is 0 Å². The third-order valence-corrected chi connectivity index (χ3v) is 2.90. The molecule has 0 atom stereocenters. The molecule has 2 rings (SSSR count). The molecule has 1 heteroatoms. The molecule has 0 spiro atoms. The molecule has 0 aliphatic heterocycles. The summed E-state index contributed by atoms with van der Waals surface area (Å²) in [5.41, 5.74) is 4.23. The average molecular weight is 307 g/mol. The summed E-state index contributed by atoms with van der Waals surface area (Å²) in [4.78, 5) is 0. The Morgan fingerprint density at radius 3 is 2.18 bits per heavy atom. The molecule has 0 amide bonds. The van der Waals surface area contributed by atoms with Crippen LogP contribution in [0.4, 0.5) is 0 Å². The number of aryl methyl sites for hydroxylation is 2. The van der Waals surface area contributed by atoms with Crippen LogP contribution in [0, 0.1) is 28.7 Å². The first-order chi connectivity index (χ1) is 6.59. The van der Waals surface area contributed by atoms with Gasteiger partial charge in [0.15, 0.2) is 0 Å². The summed E-state index contributed by atoms with van der Waals surface area (Å²) in [5, 5.41) is 2.87. The van der Waals surface area contributed by atoms with Gasteiger partial charge in [-0.1, -0.05) is 39.3 Å². The normalized spacial score (nSPS) is 9.47. The summed E-state index contributed by atoms with van der Waals surface area (Å²) in [6.45, 7) is 8.87. The van der Waals surface area contributed by atoms with Gasteiger partial charge >= 0.3 is 26.2 Å². The van der Waals surface area contributed by atoms with Gasteiger partial charge < -0.3 is 14.9 Å². The molecule has 17 heavy (non-hydrogen) atoms. The Hall–Kier alpha value is -0.287. The fourth-order valence-electron chi connectivity index (χ4n) is 2.12. The molecule has 91 valence electrons. The molecule has 2 aromatic carbocycles. The van der Waals surface area contributed by atoms with E-state index in [1.807, 2.05) is 0 Å². The number of benzene rings is 1. The van der Waals surface area contributed by atoms with Crippen molar-refractivity contribution in [2.75, 3.05) is 0 Å². The quantitative estimate of drug-likeness (QED) is 0.635. The molecule has 0 saturated heterocycles. The minimum absolute atomic E-state index is 0. The van der Waals surface area contributed by atoms with Gasteiger partial charge in [0.1, 0.15) is 0 Å². The maximum absolute atomic E-state index is 2.30. The monoisotopic (exact) mass is 305 g/mol. The Kier molecular flexibility index (Phi) is 8.09. The minimum Gasteiger partial charge on any atom is -0.358 e. The fourth-order valence-corrected chi connectivity index (χ4v) is 2.12. The molecule has 0 unspecified atom stereocenters. The van der Waals surface area contributed by atoms with Gasteiger partial charge in [-0.2, -0.15) is 6.07 Å². The maximum atomic E-state index is 2.30. The van der Waals surface area contributed by atoms with Crippen LogP contribution in [0.3, 0.4) is 0 Å². The first-order valence-corrected chi connectivity index (χ1v) is 5.26. The van der Waals surface area contributed by atoms with Gasteiger partial charge in [0.2, 0.25) is 0 Å². The van der Waals surface area contributed by atoms with E-state index in [0.29, 0.717) is 5.92 Å². The summed E-state index contributed by atoms with van der Waals surface area (Å²) < 4.78 is 0. The van der Waals surface area contributed by atoms with E-state index in [2.05, 4.69) is 52.0 Å². The van der Waals surface area contributed by atoms with Crippen LogP contribution >= 0.6 is 0 Å². The molecular formula is C16H23Zr. The molecule has 0 nitrogen and oxygen atoms in total. The van der Waals surface area contributed by atoms with E-state index in [0.717, 1.165) is 0 Å². The predicted molar refractivity (Wildman–Crippen MR) is 75.9 cm³/mol. The van der Waals surface area contributed by atoms with Crippen molar-refractivity contribution in [2.45, 2.75) is 33.6 Å². The van der Waals surface area contributed by atoms with E-state index in [1.54, 1.807) is 0 Å². The van der Waals surface area contributed by atoms with Crippen molar-refractivity contribution >= 4 is 10.8 Å². The molecular weight excluding hydrogens is 283 g/mol. The summed E-state index contributed by atoms with van der Waals surface area (Å²) in [6, 6.07) is 9.09. The Morgan fingerprint density at radius 1 is 1.06 bits per heavy atom. The van der Waals surface area contributed by atoms with Crippen LogP contribution in [-0.2, 0) is 26.2 Å². The summed E-state index contributed by atoms with van der Waals surface area (Å²) in [6.07, 6.45) is 0. The van der Waals surface area contributed by atoms with E-state index >= 15 is 0 Å². The summed E-state index contributed by atoms with van der Waals surface area (Å²) >= 11 is 0. The Labute approximate surface area is 126 Å². The average Bonchev–Trinajstić information content (AvgIpc) is 2.47. The second-order valence-corrected chi connectivity index (χ2v) is 4.49. The van der Waals surface area contributed by atoms with Gasteiger partial charge in [-0.3, -0.25) is 0 Å². The van der Waals surface area contributed by atoms with Crippen LogP contribution in [0.5, 0.6) is 0 Å². The van der Waals surface area contributed by atoms with E-state index in [4.69, 9.17) is 0 Å². The van der Waals surface area contributed by atoms with Crippen LogP contribution in [0.2, 0.25) is 0 Å². The van der Waals surface area contributed by atoms with Gasteiger partial charge in [-0.25, -0.2) is 0 Å². The van der Waals surface area contributed by atoms with E-state index < -0.39 is 0 Å². The number of fused-ring (bicyclic) bond motifs is 1. The number of hydrogen-bond donors (Lipinski definition) is 0. The molecule has 0 N–H and O–H groups in total. The van der Waals surface area contributed by atoms with Crippen molar-refractivity contribution in [2.24, 2.45) is 0 Å². The molecule has 1 radical (unpaired) electrons. The third-order valence-electron chi connectivity index (χ3n) is 2.90. The topological polar surface area (TPSA) is 0 Å². The standard InChI is InChI=1S/C14H17.2CH3.Zr/c1-9(2)12-6-5-11(4)13-7-10(3)8-14(12)13;;;/h5-9H,1-4H3;2*1H3;/q3*-1;+3. The van der Waals surface area contributed by atoms with Crippen molar-refractivity contribution in [3.05, 3.63) is 55.8 Å². The molecule has 0 bridgehead atoms. The van der Waals surface area contributed by atoms with Gasteiger partial charge in [-0.05, 0) is 5.92 Å². The largest absolute Gasteiger partial charge is 3.00 e. The van der Waals surface area contributed by atoms with E-state index in [9.17, 15) is 0 Å². The van der Waals surface area contributed by atoms with E-state index in [1.165, 1.54) is 27.5 Å². The van der Waals surface area contributed by atoms with Crippen LogP contribution in [0.15, 0.2) is 24.3 Å². The number of hydrogen-bond acceptors (Lipinski definition) is 0. The maximum Gasteiger partial charge on any atom is 3.00 e. The Bertz CT molecular complexity index is 464. The van der Waals surface area contributed by atoms with Crippen molar-refractivity contribution in [1.82, 2.24) is 0 Å². The zero-order chi connectivity index (χ0) is 10.3. The van der Waals surface area contributed by atoms with Crippen LogP contribution < -0.4 is 0 Å². The van der Waals surface area contributed by atoms with Crippen LogP contribution in [-0.4, -0.2) is 0 Å². The van der Waals surface area contributed by atoms with Gasteiger partial charge in [-0.15, -0.1) is 34.0 Å². The third kappa shape index (κ3) is 3.58. The van der Waals surface area contributed by atoms with Gasteiger partial charge in [0.05, 0.1) is 0 Å². The van der Waals surface area contributed by atoms with Crippen LogP contribution in [0.25, 0.3) is 10.8 Å². The summed E-state index contributed by atoms with van der Waals surface area (Å²) in [5.74, 6) is 0.611. The molecule has 0 aliphatic carbocycles. The Balaban J connectivity index is 0. The van der Waals surface area contributed by atoms with Gasteiger partial charge in [0, 0.05) is 0 Å². The fraction of sp³-hybridized carbons (Fsp3) is 0.312. The Morgan fingerprint density at radius 2 is 1.65 bits per heavy atom. The van der Waals surface area contributed by atoms with Crippen molar-refractivity contribution < 1.29 is 26.2 Å². The molecule has 0 aromatic heterocycles. The van der Waals surface area contributed by atoms with Crippen LogP contribution in [0.1, 0.15) is 36.5 Å². The molecule has 0 aliphatic rings. The van der Waals surface area contributed by atoms with Crippen molar-refractivity contribution in [3.63, 3.8) is 0 Å². The van der Waals surface area contributed by atoms with E-state index in [-0.39, 0.29) is 41.1 Å². The molecule has 0 fully saturated rings. The SMILES string of the molecule is Cc1cc2c(C(C)C)ccc(C)c2[cH-]1.[CH3-].[CH3-].[Zr+3]. The van der Waals surface area contributed by atoms with Crippen molar-refractivity contribution in [1.29, 1.82) is 0 Å². The second kappa shape index (κ2) is 7.21. The molecule has 0 saturated carbocycles. The zero-order valence-electron chi connectivity index (χ0n) is 11.9. The minimum atomic E-state index is 0. The van der Waals surface area contributed by atoms with Gasteiger partial charge in [0.25, 0.3) is 0 Å². The first kappa shape index (κ1) is 19.1. The number of rotatable bonds is 1. The smallest absolute Gasteiger partial charge is 0.358 e. The molecule has 0 heterocycles. The molecule has 2 aromatic rings. The summed E-state index contributed by atoms with van der Waals surface area (Å²) in [7, 11) is 0. The predicted octanol–water partition coefficient (Wildman–Crippen LogP) is 5.20.